The lowest BCUT2D eigenvalue weighted by atomic mass is 9.77. The number of anilines is 2. The van der Waals surface area contributed by atoms with Crippen molar-refractivity contribution in [2.75, 3.05) is 10.6 Å². The van der Waals surface area contributed by atoms with Crippen LogP contribution in [0.4, 0.5) is 11.4 Å². The Morgan fingerprint density at radius 3 is 2.77 bits per heavy atom. The maximum Gasteiger partial charge on any atom is 0.255 e. The molecule has 0 aromatic heterocycles. The third kappa shape index (κ3) is 3.40. The van der Waals surface area contributed by atoms with E-state index in [2.05, 4.69) is 47.1 Å². The zero-order valence-electron chi connectivity index (χ0n) is 16.7. The summed E-state index contributed by atoms with van der Waals surface area (Å²) in [6.45, 7) is 1.95. The van der Waals surface area contributed by atoms with Crippen molar-refractivity contribution in [1.82, 2.24) is 0 Å². The quantitative estimate of drug-likeness (QED) is 0.466. The van der Waals surface area contributed by atoms with Crippen LogP contribution in [0, 0.1) is 12.8 Å². The molecule has 0 radical (unpaired) electrons. The highest BCUT2D eigenvalue weighted by Gasteiger charge is 2.38. The van der Waals surface area contributed by atoms with E-state index >= 15 is 0 Å². The number of benzene rings is 3. The molecule has 30 heavy (non-hydrogen) atoms. The Bertz CT molecular complexity index is 1150. The van der Waals surface area contributed by atoms with Crippen LogP contribution in [0.2, 0.25) is 5.02 Å². The molecule has 0 fully saturated rings. The molecule has 0 bridgehead atoms. The van der Waals surface area contributed by atoms with Crippen molar-refractivity contribution >= 4 is 28.9 Å². The number of hydrogen-bond acceptors (Lipinski definition) is 2. The molecule has 3 aromatic carbocycles. The van der Waals surface area contributed by atoms with E-state index in [0.717, 1.165) is 28.4 Å². The standard InChI is InChI=1S/C26H23ClN2O/c1-16-6-2-3-9-20(16)26(30)28-19-12-13-24-23(15-19)21-10-5-11-22(21)25(29-24)17-7-4-8-18(27)14-17/h2-10,12-15,21-22,25,29H,11H2,1H3,(H,28,30). The fourth-order valence-electron chi connectivity index (χ4n) is 4.73. The SMILES string of the molecule is Cc1ccccc1C(=O)Nc1ccc2c(c1)C1C=CCC1C(c1cccc(Cl)c1)N2. The maximum absolute atomic E-state index is 12.7. The molecule has 150 valence electrons. The monoisotopic (exact) mass is 414 g/mol. The Kier molecular flexibility index (Phi) is 4.84. The van der Waals surface area contributed by atoms with Crippen molar-refractivity contribution in [3.63, 3.8) is 0 Å². The minimum Gasteiger partial charge on any atom is -0.378 e. The fourth-order valence-corrected chi connectivity index (χ4v) is 4.93. The number of allylic oxidation sites excluding steroid dienone is 2. The highest BCUT2D eigenvalue weighted by molar-refractivity contribution is 6.30. The molecule has 2 aliphatic rings. The van der Waals surface area contributed by atoms with Gasteiger partial charge < -0.3 is 10.6 Å². The van der Waals surface area contributed by atoms with Gasteiger partial charge in [-0.1, -0.05) is 54.1 Å². The summed E-state index contributed by atoms with van der Waals surface area (Å²) in [5, 5.41) is 7.55. The molecule has 4 heteroatoms. The van der Waals surface area contributed by atoms with Crippen molar-refractivity contribution in [2.45, 2.75) is 25.3 Å². The van der Waals surface area contributed by atoms with Gasteiger partial charge in [-0.25, -0.2) is 0 Å². The Balaban J connectivity index is 1.45. The van der Waals surface area contributed by atoms with Crippen molar-refractivity contribution < 1.29 is 4.79 Å². The van der Waals surface area contributed by atoms with E-state index in [4.69, 9.17) is 11.6 Å². The largest absolute Gasteiger partial charge is 0.378 e. The Labute approximate surface area is 181 Å². The second-order valence-corrected chi connectivity index (χ2v) is 8.54. The summed E-state index contributed by atoms with van der Waals surface area (Å²) in [4.78, 5) is 12.7. The smallest absolute Gasteiger partial charge is 0.255 e. The van der Waals surface area contributed by atoms with Crippen molar-refractivity contribution in [3.05, 3.63) is 106 Å². The number of amides is 1. The molecule has 1 heterocycles. The van der Waals surface area contributed by atoms with E-state index in [0.29, 0.717) is 17.4 Å². The summed E-state index contributed by atoms with van der Waals surface area (Å²) in [6.07, 6.45) is 5.59. The lowest BCUT2D eigenvalue weighted by Gasteiger charge is -2.37. The number of halogens is 1. The van der Waals surface area contributed by atoms with Crippen LogP contribution in [0.15, 0.2) is 78.9 Å². The van der Waals surface area contributed by atoms with Crippen LogP contribution in [-0.4, -0.2) is 5.91 Å². The minimum atomic E-state index is -0.0767. The summed E-state index contributed by atoms with van der Waals surface area (Å²) >= 11 is 6.25. The van der Waals surface area contributed by atoms with E-state index in [1.807, 2.05) is 49.4 Å². The number of rotatable bonds is 3. The summed E-state index contributed by atoms with van der Waals surface area (Å²) in [6, 6.07) is 22.1. The van der Waals surface area contributed by atoms with E-state index in [-0.39, 0.29) is 11.9 Å². The predicted molar refractivity (Wildman–Crippen MR) is 123 cm³/mol. The van der Waals surface area contributed by atoms with Crippen LogP contribution in [0.3, 0.4) is 0 Å². The van der Waals surface area contributed by atoms with Crippen LogP contribution in [0.1, 0.15) is 45.4 Å². The van der Waals surface area contributed by atoms with Gasteiger partial charge in [0.25, 0.3) is 5.91 Å². The van der Waals surface area contributed by atoms with Crippen LogP contribution in [0.25, 0.3) is 0 Å². The number of hydrogen-bond donors (Lipinski definition) is 2. The first-order valence-electron chi connectivity index (χ1n) is 10.3. The van der Waals surface area contributed by atoms with E-state index < -0.39 is 0 Å². The summed E-state index contributed by atoms with van der Waals surface area (Å²) < 4.78 is 0. The molecule has 3 nitrogen and oxygen atoms in total. The number of carbonyl (C=O) groups excluding carboxylic acids is 1. The minimum absolute atomic E-state index is 0.0767. The zero-order valence-corrected chi connectivity index (χ0v) is 17.5. The Morgan fingerprint density at radius 1 is 1.07 bits per heavy atom. The third-order valence-electron chi connectivity index (χ3n) is 6.22. The Morgan fingerprint density at radius 2 is 1.93 bits per heavy atom. The van der Waals surface area contributed by atoms with E-state index in [9.17, 15) is 4.79 Å². The summed E-state index contributed by atoms with van der Waals surface area (Å²) in [5.74, 6) is 0.672. The molecule has 1 aliphatic heterocycles. The molecule has 3 atom stereocenters. The topological polar surface area (TPSA) is 41.1 Å². The molecule has 1 amide bonds. The van der Waals surface area contributed by atoms with Crippen molar-refractivity contribution in [1.29, 1.82) is 0 Å². The average Bonchev–Trinajstić information content (AvgIpc) is 3.24. The first-order chi connectivity index (χ1) is 14.6. The number of nitrogens with one attached hydrogen (secondary N) is 2. The van der Waals surface area contributed by atoms with Gasteiger partial charge >= 0.3 is 0 Å². The number of carbonyl (C=O) groups is 1. The average molecular weight is 415 g/mol. The van der Waals surface area contributed by atoms with Gasteiger partial charge in [-0.05, 0) is 72.4 Å². The van der Waals surface area contributed by atoms with Gasteiger partial charge in [0.05, 0.1) is 6.04 Å². The van der Waals surface area contributed by atoms with Gasteiger partial charge in [-0.3, -0.25) is 4.79 Å². The molecule has 3 unspecified atom stereocenters. The lowest BCUT2D eigenvalue weighted by molar-refractivity contribution is 0.102. The zero-order chi connectivity index (χ0) is 20.7. The maximum atomic E-state index is 12.7. The van der Waals surface area contributed by atoms with Gasteiger partial charge in [0.1, 0.15) is 0 Å². The van der Waals surface area contributed by atoms with Crippen LogP contribution >= 0.6 is 11.6 Å². The molecular formula is C26H23ClN2O. The van der Waals surface area contributed by atoms with Gasteiger partial charge in [0, 0.05) is 27.9 Å². The fraction of sp³-hybridized carbons (Fsp3) is 0.192. The molecular weight excluding hydrogens is 392 g/mol. The number of fused-ring (bicyclic) bond motifs is 3. The third-order valence-corrected chi connectivity index (χ3v) is 6.45. The molecule has 5 rings (SSSR count). The highest BCUT2D eigenvalue weighted by atomic mass is 35.5. The molecule has 3 aromatic rings. The molecule has 0 spiro atoms. The van der Waals surface area contributed by atoms with Gasteiger partial charge in [-0.2, -0.15) is 0 Å². The second-order valence-electron chi connectivity index (χ2n) is 8.10. The molecule has 0 saturated heterocycles. The van der Waals surface area contributed by atoms with Crippen LogP contribution in [0.5, 0.6) is 0 Å². The molecule has 0 saturated carbocycles. The first kappa shape index (κ1) is 19.0. The van der Waals surface area contributed by atoms with Crippen molar-refractivity contribution in [2.24, 2.45) is 5.92 Å². The Hall–Kier alpha value is -3.04. The lowest BCUT2D eigenvalue weighted by Crippen LogP contribution is -2.29. The summed E-state index contributed by atoms with van der Waals surface area (Å²) in [5.41, 5.74) is 6.05. The molecule has 2 N–H and O–H groups in total. The van der Waals surface area contributed by atoms with E-state index in [1.165, 1.54) is 11.1 Å². The van der Waals surface area contributed by atoms with Crippen LogP contribution in [-0.2, 0) is 0 Å². The van der Waals surface area contributed by atoms with Gasteiger partial charge in [0.2, 0.25) is 0 Å². The van der Waals surface area contributed by atoms with Gasteiger partial charge in [-0.15, -0.1) is 0 Å². The van der Waals surface area contributed by atoms with E-state index in [1.54, 1.807) is 0 Å². The van der Waals surface area contributed by atoms with Gasteiger partial charge in [0.15, 0.2) is 0 Å². The highest BCUT2D eigenvalue weighted by Crippen LogP contribution is 2.50. The number of aryl methyl sites for hydroxylation is 1. The van der Waals surface area contributed by atoms with Crippen LogP contribution < -0.4 is 10.6 Å². The molecule has 1 aliphatic carbocycles. The summed E-state index contributed by atoms with van der Waals surface area (Å²) in [7, 11) is 0. The first-order valence-corrected chi connectivity index (χ1v) is 10.7. The normalized spacial score (nSPS) is 21.5. The second kappa shape index (κ2) is 7.66. The predicted octanol–water partition coefficient (Wildman–Crippen LogP) is 6.73. The van der Waals surface area contributed by atoms with Crippen molar-refractivity contribution in [3.8, 4) is 0 Å².